The van der Waals surface area contributed by atoms with Crippen LogP contribution in [0.25, 0.3) is 0 Å². The van der Waals surface area contributed by atoms with E-state index in [9.17, 15) is 13.5 Å². The highest BCUT2D eigenvalue weighted by Crippen LogP contribution is 2.40. The fourth-order valence-corrected chi connectivity index (χ4v) is 3.22. The van der Waals surface area contributed by atoms with Crippen LogP contribution in [0.2, 0.25) is 0 Å². The molecule has 0 radical (unpaired) electrons. The van der Waals surface area contributed by atoms with Gasteiger partial charge in [0.1, 0.15) is 0 Å². The van der Waals surface area contributed by atoms with Gasteiger partial charge in [-0.15, -0.1) is 0 Å². The van der Waals surface area contributed by atoms with Crippen molar-refractivity contribution in [2.75, 3.05) is 6.61 Å². The van der Waals surface area contributed by atoms with Gasteiger partial charge in [-0.2, -0.15) is 0 Å². The van der Waals surface area contributed by atoms with Crippen molar-refractivity contribution in [1.29, 1.82) is 0 Å². The average molecular weight is 228 g/mol. The van der Waals surface area contributed by atoms with E-state index in [0.717, 1.165) is 0 Å². The summed E-state index contributed by atoms with van der Waals surface area (Å²) in [5.74, 6) is 0. The van der Waals surface area contributed by atoms with Crippen LogP contribution < -0.4 is 0 Å². The molecule has 1 aliphatic rings. The summed E-state index contributed by atoms with van der Waals surface area (Å²) in [5.41, 5.74) is 0. The molecular weight excluding hydrogens is 216 g/mol. The Hall–Kier alpha value is -0.910. The first-order chi connectivity index (χ1) is 7.01. The molecule has 2 rings (SSSR count). The van der Waals surface area contributed by atoms with E-state index in [1.165, 1.54) is 19.1 Å². The molecule has 0 spiro atoms. The van der Waals surface area contributed by atoms with Crippen LogP contribution in [0.1, 0.15) is 6.92 Å². The van der Waals surface area contributed by atoms with E-state index >= 15 is 0 Å². The van der Waals surface area contributed by atoms with E-state index in [4.69, 9.17) is 4.74 Å². The molecule has 0 aromatic heterocycles. The smallest absolute Gasteiger partial charge is 0.222 e. The lowest BCUT2D eigenvalue weighted by Gasteiger charge is -2.15. The third-order valence-electron chi connectivity index (χ3n) is 2.57. The number of aliphatic hydroxyl groups is 1. The predicted molar refractivity (Wildman–Crippen MR) is 54.0 cm³/mol. The molecular formula is C10H12O4S. The van der Waals surface area contributed by atoms with Gasteiger partial charge in [-0.3, -0.25) is 0 Å². The highest BCUT2D eigenvalue weighted by molar-refractivity contribution is 7.93. The summed E-state index contributed by atoms with van der Waals surface area (Å²) in [5, 5.41) is 9.44. The van der Waals surface area contributed by atoms with Gasteiger partial charge in [0.05, 0.1) is 17.6 Å². The molecule has 1 aromatic carbocycles. The van der Waals surface area contributed by atoms with E-state index < -0.39 is 20.9 Å². The zero-order chi connectivity index (χ0) is 11.1. The highest BCUT2D eigenvalue weighted by atomic mass is 32.2. The zero-order valence-corrected chi connectivity index (χ0v) is 9.07. The van der Waals surface area contributed by atoms with Crippen LogP contribution in [0.4, 0.5) is 0 Å². The van der Waals surface area contributed by atoms with Crippen LogP contribution in [0.15, 0.2) is 35.2 Å². The Balaban J connectivity index is 2.46. The summed E-state index contributed by atoms with van der Waals surface area (Å²) in [6.07, 6.45) is -1.03. The molecule has 15 heavy (non-hydrogen) atoms. The Morgan fingerprint density at radius 3 is 2.33 bits per heavy atom. The van der Waals surface area contributed by atoms with Crippen LogP contribution in [0.3, 0.4) is 0 Å². The quantitative estimate of drug-likeness (QED) is 0.768. The first-order valence-electron chi connectivity index (χ1n) is 4.62. The van der Waals surface area contributed by atoms with Crippen LogP contribution >= 0.6 is 0 Å². The van der Waals surface area contributed by atoms with Crippen molar-refractivity contribution in [3.63, 3.8) is 0 Å². The van der Waals surface area contributed by atoms with Gasteiger partial charge in [0.15, 0.2) is 0 Å². The molecule has 1 N–H and O–H groups in total. The SMILES string of the molecule is C[C@H](O)[C@@]1(S(=O)(=O)c2ccccc2)CO1. The molecule has 1 fully saturated rings. The van der Waals surface area contributed by atoms with E-state index in [2.05, 4.69) is 0 Å². The van der Waals surface area contributed by atoms with Crippen molar-refractivity contribution in [3.05, 3.63) is 30.3 Å². The third-order valence-corrected chi connectivity index (χ3v) is 4.95. The predicted octanol–water partition coefficient (Wildman–Crippen LogP) is 0.568. The van der Waals surface area contributed by atoms with Crippen LogP contribution in [-0.2, 0) is 14.6 Å². The topological polar surface area (TPSA) is 66.9 Å². The summed E-state index contributed by atoms with van der Waals surface area (Å²) in [6, 6.07) is 8.03. The van der Waals surface area contributed by atoms with Gasteiger partial charge < -0.3 is 9.84 Å². The molecule has 1 aliphatic heterocycles. The van der Waals surface area contributed by atoms with Crippen LogP contribution in [-0.4, -0.2) is 31.2 Å². The maximum absolute atomic E-state index is 12.1. The van der Waals surface area contributed by atoms with Gasteiger partial charge in [0, 0.05) is 0 Å². The number of aliphatic hydroxyl groups excluding tert-OH is 1. The fourth-order valence-electron chi connectivity index (χ4n) is 1.49. The number of benzene rings is 1. The minimum Gasteiger partial charge on any atom is -0.389 e. The van der Waals surface area contributed by atoms with Gasteiger partial charge in [-0.05, 0) is 19.1 Å². The Morgan fingerprint density at radius 2 is 1.93 bits per heavy atom. The van der Waals surface area contributed by atoms with Gasteiger partial charge in [0.2, 0.25) is 14.8 Å². The largest absolute Gasteiger partial charge is 0.389 e. The van der Waals surface area contributed by atoms with Crippen molar-refractivity contribution in [2.45, 2.75) is 22.9 Å². The second-order valence-electron chi connectivity index (χ2n) is 3.59. The van der Waals surface area contributed by atoms with Gasteiger partial charge in [-0.1, -0.05) is 18.2 Å². The zero-order valence-electron chi connectivity index (χ0n) is 8.25. The molecule has 5 heteroatoms. The fraction of sp³-hybridized carbons (Fsp3) is 0.400. The van der Waals surface area contributed by atoms with Crippen molar-refractivity contribution >= 4 is 9.84 Å². The molecule has 0 saturated carbocycles. The lowest BCUT2D eigenvalue weighted by molar-refractivity contribution is 0.131. The summed E-state index contributed by atoms with van der Waals surface area (Å²) in [7, 11) is -3.60. The monoisotopic (exact) mass is 228 g/mol. The third kappa shape index (κ3) is 1.47. The molecule has 4 nitrogen and oxygen atoms in total. The second-order valence-corrected chi connectivity index (χ2v) is 5.76. The van der Waals surface area contributed by atoms with E-state index in [1.54, 1.807) is 18.2 Å². The Bertz CT molecular complexity index is 446. The number of rotatable bonds is 3. The lowest BCUT2D eigenvalue weighted by Crippen LogP contribution is -2.36. The Labute approximate surface area is 88.4 Å². The number of ether oxygens (including phenoxy) is 1. The molecule has 0 aliphatic carbocycles. The van der Waals surface area contributed by atoms with E-state index in [1.807, 2.05) is 0 Å². The first kappa shape index (κ1) is 10.6. The van der Waals surface area contributed by atoms with Crippen molar-refractivity contribution in [2.24, 2.45) is 0 Å². The van der Waals surface area contributed by atoms with Crippen molar-refractivity contribution < 1.29 is 18.3 Å². The number of hydrogen-bond acceptors (Lipinski definition) is 4. The standard InChI is InChI=1S/C10H12O4S/c1-8(11)10(7-14-10)15(12,13)9-5-3-2-4-6-9/h2-6,8,11H,7H2,1H3/t8-,10-/m0/s1. The van der Waals surface area contributed by atoms with Crippen molar-refractivity contribution in [1.82, 2.24) is 0 Å². The van der Waals surface area contributed by atoms with Crippen LogP contribution in [0.5, 0.6) is 0 Å². The molecule has 2 atom stereocenters. The molecule has 0 amide bonds. The summed E-state index contributed by atoms with van der Waals surface area (Å²) in [4.78, 5) is -1.24. The van der Waals surface area contributed by atoms with Gasteiger partial charge in [0.25, 0.3) is 0 Å². The molecule has 1 saturated heterocycles. The van der Waals surface area contributed by atoms with E-state index in [0.29, 0.717) is 0 Å². The van der Waals surface area contributed by atoms with Crippen LogP contribution in [0, 0.1) is 0 Å². The molecule has 0 unspecified atom stereocenters. The minimum absolute atomic E-state index is 0.0574. The summed E-state index contributed by atoms with van der Waals surface area (Å²) in [6.45, 7) is 1.48. The lowest BCUT2D eigenvalue weighted by atomic mass is 10.3. The summed E-state index contributed by atoms with van der Waals surface area (Å²) < 4.78 is 29.1. The minimum atomic E-state index is -3.60. The second kappa shape index (κ2) is 3.30. The highest BCUT2D eigenvalue weighted by Gasteiger charge is 2.61. The molecule has 1 aromatic rings. The first-order valence-corrected chi connectivity index (χ1v) is 6.11. The number of hydrogen-bond donors (Lipinski definition) is 1. The number of epoxide rings is 1. The normalized spacial score (nSPS) is 27.3. The average Bonchev–Trinajstić information content (AvgIpc) is 3.00. The summed E-state index contributed by atoms with van der Waals surface area (Å²) >= 11 is 0. The Kier molecular flexibility index (Phi) is 2.33. The maximum atomic E-state index is 12.1. The Morgan fingerprint density at radius 1 is 1.40 bits per heavy atom. The van der Waals surface area contributed by atoms with Gasteiger partial charge >= 0.3 is 0 Å². The van der Waals surface area contributed by atoms with Crippen molar-refractivity contribution in [3.8, 4) is 0 Å². The van der Waals surface area contributed by atoms with E-state index in [-0.39, 0.29) is 11.5 Å². The molecule has 82 valence electrons. The molecule has 0 bridgehead atoms. The maximum Gasteiger partial charge on any atom is 0.222 e. The number of sulfone groups is 1. The van der Waals surface area contributed by atoms with Gasteiger partial charge in [-0.25, -0.2) is 8.42 Å². The molecule has 1 heterocycles.